The third kappa shape index (κ3) is 5.65. The first-order chi connectivity index (χ1) is 14.5. The summed E-state index contributed by atoms with van der Waals surface area (Å²) in [7, 11) is 0. The molecule has 3 N–H and O–H groups in total. The van der Waals surface area contributed by atoms with Gasteiger partial charge < -0.3 is 15.1 Å². The van der Waals surface area contributed by atoms with Crippen LogP contribution in [0.3, 0.4) is 0 Å². The summed E-state index contributed by atoms with van der Waals surface area (Å²) in [6, 6.07) is 19.1. The Morgan fingerprint density at radius 2 is 1.67 bits per heavy atom. The van der Waals surface area contributed by atoms with Crippen LogP contribution in [-0.2, 0) is 16.1 Å². The molecule has 0 fully saturated rings. The van der Waals surface area contributed by atoms with E-state index in [0.717, 1.165) is 5.56 Å². The van der Waals surface area contributed by atoms with Gasteiger partial charge >= 0.3 is 11.8 Å². The molecule has 0 unspecified atom stereocenters. The van der Waals surface area contributed by atoms with Crippen LogP contribution in [-0.4, -0.2) is 23.9 Å². The molecule has 0 spiro atoms. The summed E-state index contributed by atoms with van der Waals surface area (Å²) < 4.78 is 5.50. The fraction of sp³-hybridized carbons (Fsp3) is 0.0909. The van der Waals surface area contributed by atoms with E-state index in [1.165, 1.54) is 6.21 Å². The molecule has 3 rings (SSSR count). The van der Waals surface area contributed by atoms with Crippen LogP contribution < -0.4 is 16.1 Å². The third-order valence-electron chi connectivity index (χ3n) is 4.09. The lowest BCUT2D eigenvalue weighted by atomic mass is 10.1. The number of amides is 3. The third-order valence-corrected chi connectivity index (χ3v) is 4.09. The fourth-order valence-corrected chi connectivity index (χ4v) is 2.56. The number of hydrazone groups is 1. The molecule has 3 amide bonds. The van der Waals surface area contributed by atoms with Gasteiger partial charge in [0.2, 0.25) is 0 Å². The number of hydrogen-bond donors (Lipinski definition) is 3. The van der Waals surface area contributed by atoms with Gasteiger partial charge in [0.1, 0.15) is 11.5 Å². The standard InChI is InChI=1S/C22H20N4O4/c1-15-7-5-6-10-19(15)20(27)26-24-14-18-12-11-17(30-18)13-23-21(28)22(29)25-16-8-3-2-4-9-16/h2-12,14H,13H2,1H3,(H,23,28)(H,25,29)(H,26,27)/b24-14-. The molecule has 0 aliphatic heterocycles. The van der Waals surface area contributed by atoms with Gasteiger partial charge in [-0.25, -0.2) is 5.43 Å². The molecular formula is C22H20N4O4. The van der Waals surface area contributed by atoms with Crippen molar-refractivity contribution in [3.63, 3.8) is 0 Å². The van der Waals surface area contributed by atoms with E-state index in [-0.39, 0.29) is 12.5 Å². The number of hydrogen-bond acceptors (Lipinski definition) is 5. The molecule has 0 bridgehead atoms. The van der Waals surface area contributed by atoms with Crippen LogP contribution >= 0.6 is 0 Å². The van der Waals surface area contributed by atoms with Crippen LogP contribution in [0.4, 0.5) is 5.69 Å². The fourth-order valence-electron chi connectivity index (χ4n) is 2.56. The van der Waals surface area contributed by atoms with E-state index < -0.39 is 11.8 Å². The summed E-state index contributed by atoms with van der Waals surface area (Å²) in [6.45, 7) is 1.87. The van der Waals surface area contributed by atoms with E-state index in [4.69, 9.17) is 4.42 Å². The average molecular weight is 404 g/mol. The Balaban J connectivity index is 1.47. The van der Waals surface area contributed by atoms with Crippen molar-refractivity contribution in [1.29, 1.82) is 0 Å². The Labute approximate surface area is 173 Å². The van der Waals surface area contributed by atoms with Crippen LogP contribution in [0.5, 0.6) is 0 Å². The van der Waals surface area contributed by atoms with Crippen molar-refractivity contribution < 1.29 is 18.8 Å². The zero-order valence-electron chi connectivity index (χ0n) is 16.2. The quantitative estimate of drug-likeness (QED) is 0.333. The van der Waals surface area contributed by atoms with Crippen molar-refractivity contribution in [3.05, 3.63) is 89.4 Å². The second-order valence-corrected chi connectivity index (χ2v) is 6.32. The molecule has 0 saturated heterocycles. The predicted octanol–water partition coefficient (Wildman–Crippen LogP) is 2.61. The molecule has 0 aliphatic rings. The first-order valence-electron chi connectivity index (χ1n) is 9.15. The van der Waals surface area contributed by atoms with E-state index >= 15 is 0 Å². The van der Waals surface area contributed by atoms with Gasteiger partial charge in [-0.15, -0.1) is 0 Å². The highest BCUT2D eigenvalue weighted by molar-refractivity contribution is 6.39. The number of benzene rings is 2. The summed E-state index contributed by atoms with van der Waals surface area (Å²) in [5, 5.41) is 8.84. The molecule has 8 nitrogen and oxygen atoms in total. The van der Waals surface area contributed by atoms with Gasteiger partial charge in [0.05, 0.1) is 12.8 Å². The van der Waals surface area contributed by atoms with Gasteiger partial charge in [0.25, 0.3) is 5.91 Å². The Morgan fingerprint density at radius 1 is 0.933 bits per heavy atom. The summed E-state index contributed by atoms with van der Waals surface area (Å²) in [4.78, 5) is 35.9. The number of anilines is 1. The van der Waals surface area contributed by atoms with Crippen molar-refractivity contribution in [3.8, 4) is 0 Å². The maximum Gasteiger partial charge on any atom is 0.313 e. The maximum atomic E-state index is 12.1. The summed E-state index contributed by atoms with van der Waals surface area (Å²) in [5.41, 5.74) is 4.34. The summed E-state index contributed by atoms with van der Waals surface area (Å²) in [6.07, 6.45) is 1.35. The molecule has 30 heavy (non-hydrogen) atoms. The smallest absolute Gasteiger partial charge is 0.313 e. The minimum absolute atomic E-state index is 0.0322. The Morgan fingerprint density at radius 3 is 2.43 bits per heavy atom. The number of nitrogens with one attached hydrogen (secondary N) is 3. The van der Waals surface area contributed by atoms with Gasteiger partial charge in [-0.3, -0.25) is 14.4 Å². The topological polar surface area (TPSA) is 113 Å². The van der Waals surface area contributed by atoms with E-state index in [1.807, 2.05) is 25.1 Å². The average Bonchev–Trinajstić information content (AvgIpc) is 3.20. The Hall–Kier alpha value is -4.20. The predicted molar refractivity (Wildman–Crippen MR) is 112 cm³/mol. The van der Waals surface area contributed by atoms with Crippen LogP contribution in [0.2, 0.25) is 0 Å². The largest absolute Gasteiger partial charge is 0.458 e. The summed E-state index contributed by atoms with van der Waals surface area (Å²) >= 11 is 0. The van der Waals surface area contributed by atoms with Crippen LogP contribution in [0.25, 0.3) is 0 Å². The number of carbonyl (C=O) groups excluding carboxylic acids is 3. The Bertz CT molecular complexity index is 1070. The minimum atomic E-state index is -0.782. The second-order valence-electron chi connectivity index (χ2n) is 6.32. The molecule has 1 aromatic heterocycles. The molecule has 2 aromatic carbocycles. The van der Waals surface area contributed by atoms with Gasteiger partial charge in [-0.05, 0) is 42.8 Å². The zero-order valence-corrected chi connectivity index (χ0v) is 16.2. The van der Waals surface area contributed by atoms with Crippen molar-refractivity contribution in [1.82, 2.24) is 10.7 Å². The second kappa shape index (κ2) is 9.83. The molecule has 8 heteroatoms. The number of furan rings is 1. The lowest BCUT2D eigenvalue weighted by Crippen LogP contribution is -2.34. The van der Waals surface area contributed by atoms with Crippen molar-refractivity contribution in [2.24, 2.45) is 5.10 Å². The van der Waals surface area contributed by atoms with Crippen molar-refractivity contribution in [2.75, 3.05) is 5.32 Å². The molecule has 0 aliphatic carbocycles. The molecule has 3 aromatic rings. The number of carbonyl (C=O) groups is 3. The van der Waals surface area contributed by atoms with Gasteiger partial charge in [0, 0.05) is 11.3 Å². The van der Waals surface area contributed by atoms with Gasteiger partial charge in [-0.2, -0.15) is 5.10 Å². The molecule has 0 atom stereocenters. The SMILES string of the molecule is Cc1ccccc1C(=O)N/N=C\c1ccc(CNC(=O)C(=O)Nc2ccccc2)o1. The molecule has 0 radical (unpaired) electrons. The van der Waals surface area contributed by atoms with E-state index in [0.29, 0.717) is 22.8 Å². The highest BCUT2D eigenvalue weighted by atomic mass is 16.3. The monoisotopic (exact) mass is 404 g/mol. The van der Waals surface area contributed by atoms with Crippen molar-refractivity contribution >= 4 is 29.6 Å². The molecular weight excluding hydrogens is 384 g/mol. The number of para-hydroxylation sites is 1. The number of aryl methyl sites for hydroxylation is 1. The highest BCUT2D eigenvalue weighted by Crippen LogP contribution is 2.08. The zero-order chi connectivity index (χ0) is 21.3. The van der Waals surface area contributed by atoms with E-state index in [2.05, 4.69) is 21.2 Å². The Kier molecular flexibility index (Phi) is 6.73. The normalized spacial score (nSPS) is 10.6. The van der Waals surface area contributed by atoms with Crippen LogP contribution in [0.15, 0.2) is 76.2 Å². The lowest BCUT2D eigenvalue weighted by molar-refractivity contribution is -0.136. The van der Waals surface area contributed by atoms with Gasteiger partial charge in [0.15, 0.2) is 0 Å². The van der Waals surface area contributed by atoms with Crippen LogP contribution in [0.1, 0.15) is 27.4 Å². The van der Waals surface area contributed by atoms with E-state index in [1.54, 1.807) is 48.5 Å². The van der Waals surface area contributed by atoms with Gasteiger partial charge in [-0.1, -0.05) is 36.4 Å². The minimum Gasteiger partial charge on any atom is -0.458 e. The first kappa shape index (κ1) is 20.5. The summed E-state index contributed by atoms with van der Waals surface area (Å²) in [5.74, 6) is -1.06. The van der Waals surface area contributed by atoms with Crippen molar-refractivity contribution in [2.45, 2.75) is 13.5 Å². The highest BCUT2D eigenvalue weighted by Gasteiger charge is 2.14. The van der Waals surface area contributed by atoms with E-state index in [9.17, 15) is 14.4 Å². The lowest BCUT2D eigenvalue weighted by Gasteiger charge is -2.05. The number of rotatable bonds is 6. The molecule has 152 valence electrons. The van der Waals surface area contributed by atoms with Crippen LogP contribution in [0, 0.1) is 6.92 Å². The maximum absolute atomic E-state index is 12.1. The molecule has 0 saturated carbocycles. The first-order valence-corrected chi connectivity index (χ1v) is 9.15. The molecule has 1 heterocycles. The number of nitrogens with zero attached hydrogens (tertiary/aromatic N) is 1.